The molecule has 0 aliphatic carbocycles. The number of nitrogens with zero attached hydrogens (tertiary/aromatic N) is 2. The average Bonchev–Trinajstić information content (AvgIpc) is 2.81. The Kier molecular flexibility index (Phi) is 5.66. The quantitative estimate of drug-likeness (QED) is 0.893. The molecule has 112 valence electrons. The Labute approximate surface area is 129 Å². The van der Waals surface area contributed by atoms with E-state index in [4.69, 9.17) is 0 Å². The van der Waals surface area contributed by atoms with Crippen molar-refractivity contribution in [1.82, 2.24) is 14.8 Å². The third kappa shape index (κ3) is 3.64. The predicted octanol–water partition coefficient (Wildman–Crippen LogP) is 2.73. The molecule has 5 heteroatoms. The summed E-state index contributed by atoms with van der Waals surface area (Å²) in [5, 5.41) is 3.23. The Morgan fingerprint density at radius 3 is 2.75 bits per heavy atom. The molecule has 20 heavy (non-hydrogen) atoms. The maximum Gasteiger partial charge on any atom is 0.270 e. The predicted molar refractivity (Wildman–Crippen MR) is 85.0 cm³/mol. The summed E-state index contributed by atoms with van der Waals surface area (Å²) in [4.78, 5) is 14.6. The number of hydrogen-bond donors (Lipinski definition) is 1. The van der Waals surface area contributed by atoms with E-state index in [0.717, 1.165) is 55.6 Å². The minimum atomic E-state index is 0.173. The van der Waals surface area contributed by atoms with Gasteiger partial charge in [-0.3, -0.25) is 4.79 Å². The first kappa shape index (κ1) is 15.6. The van der Waals surface area contributed by atoms with E-state index < -0.39 is 0 Å². The Morgan fingerprint density at radius 1 is 1.45 bits per heavy atom. The number of amides is 1. The molecule has 1 aromatic heterocycles. The maximum absolute atomic E-state index is 12.6. The summed E-state index contributed by atoms with van der Waals surface area (Å²) in [6, 6.07) is 1.94. The SMILES string of the molecule is CCCn1cc(Br)cc1C(=O)N1CCC(CNC)CC1. The van der Waals surface area contributed by atoms with Gasteiger partial charge in [-0.05, 0) is 60.8 Å². The van der Waals surface area contributed by atoms with Crippen LogP contribution in [0.2, 0.25) is 0 Å². The first-order chi connectivity index (χ1) is 9.65. The molecule has 2 heterocycles. The summed E-state index contributed by atoms with van der Waals surface area (Å²) < 4.78 is 3.05. The number of hydrogen-bond acceptors (Lipinski definition) is 2. The van der Waals surface area contributed by atoms with Crippen LogP contribution in [-0.4, -0.2) is 42.1 Å². The summed E-state index contributed by atoms with van der Waals surface area (Å²) >= 11 is 3.48. The van der Waals surface area contributed by atoms with Crippen LogP contribution >= 0.6 is 15.9 Å². The lowest BCUT2D eigenvalue weighted by molar-refractivity contribution is 0.0680. The molecule has 1 aromatic rings. The van der Waals surface area contributed by atoms with E-state index in [9.17, 15) is 4.79 Å². The summed E-state index contributed by atoms with van der Waals surface area (Å²) in [5.74, 6) is 0.880. The van der Waals surface area contributed by atoms with Crippen LogP contribution in [-0.2, 0) is 6.54 Å². The Hall–Kier alpha value is -0.810. The molecule has 0 bridgehead atoms. The van der Waals surface area contributed by atoms with Crippen LogP contribution in [0.4, 0.5) is 0 Å². The highest BCUT2D eigenvalue weighted by Crippen LogP contribution is 2.21. The Morgan fingerprint density at radius 2 is 2.15 bits per heavy atom. The Balaban J connectivity index is 2.01. The molecule has 0 saturated carbocycles. The Bertz CT molecular complexity index is 450. The largest absolute Gasteiger partial charge is 0.342 e. The lowest BCUT2D eigenvalue weighted by Crippen LogP contribution is -2.41. The highest BCUT2D eigenvalue weighted by molar-refractivity contribution is 9.10. The van der Waals surface area contributed by atoms with Crippen molar-refractivity contribution in [3.8, 4) is 0 Å². The topological polar surface area (TPSA) is 37.3 Å². The number of piperidine rings is 1. The number of carbonyl (C=O) groups is 1. The molecule has 0 aromatic carbocycles. The maximum atomic E-state index is 12.6. The molecule has 2 rings (SSSR count). The van der Waals surface area contributed by atoms with E-state index in [1.807, 2.05) is 24.2 Å². The van der Waals surface area contributed by atoms with Crippen LogP contribution in [0.25, 0.3) is 0 Å². The van der Waals surface area contributed by atoms with Crippen molar-refractivity contribution < 1.29 is 4.79 Å². The molecule has 1 amide bonds. The lowest BCUT2D eigenvalue weighted by atomic mass is 9.96. The smallest absolute Gasteiger partial charge is 0.270 e. The molecular formula is C15H24BrN3O. The van der Waals surface area contributed by atoms with Crippen molar-refractivity contribution in [3.05, 3.63) is 22.4 Å². The van der Waals surface area contributed by atoms with Crippen LogP contribution in [0, 0.1) is 5.92 Å². The fraction of sp³-hybridized carbons (Fsp3) is 0.667. The van der Waals surface area contributed by atoms with Crippen molar-refractivity contribution in [3.63, 3.8) is 0 Å². The summed E-state index contributed by atoms with van der Waals surface area (Å²) in [7, 11) is 1.99. The molecule has 0 unspecified atom stereocenters. The highest BCUT2D eigenvalue weighted by atomic mass is 79.9. The molecule has 1 aliphatic heterocycles. The van der Waals surface area contributed by atoms with E-state index in [1.54, 1.807) is 0 Å². The van der Waals surface area contributed by atoms with Gasteiger partial charge in [-0.1, -0.05) is 6.92 Å². The van der Waals surface area contributed by atoms with Gasteiger partial charge in [0, 0.05) is 30.3 Å². The van der Waals surface area contributed by atoms with Crippen LogP contribution in [0.3, 0.4) is 0 Å². The average molecular weight is 342 g/mol. The summed E-state index contributed by atoms with van der Waals surface area (Å²) in [5.41, 5.74) is 0.811. The molecule has 4 nitrogen and oxygen atoms in total. The zero-order valence-corrected chi connectivity index (χ0v) is 13.9. The number of aryl methyl sites for hydroxylation is 1. The lowest BCUT2D eigenvalue weighted by Gasteiger charge is -2.32. The number of carbonyl (C=O) groups excluding carboxylic acids is 1. The first-order valence-electron chi connectivity index (χ1n) is 7.45. The second-order valence-electron chi connectivity index (χ2n) is 5.53. The standard InChI is InChI=1S/C15H24BrN3O/c1-3-6-19-11-13(16)9-14(19)15(20)18-7-4-12(5-8-18)10-17-2/h9,11-12,17H,3-8,10H2,1-2H3. The van der Waals surface area contributed by atoms with Crippen molar-refractivity contribution in [2.75, 3.05) is 26.7 Å². The van der Waals surface area contributed by atoms with Gasteiger partial charge in [0.15, 0.2) is 0 Å². The normalized spacial score (nSPS) is 16.6. The van der Waals surface area contributed by atoms with Crippen molar-refractivity contribution in [2.45, 2.75) is 32.7 Å². The molecule has 1 fully saturated rings. The second kappa shape index (κ2) is 7.27. The van der Waals surface area contributed by atoms with Crippen molar-refractivity contribution in [1.29, 1.82) is 0 Å². The van der Waals surface area contributed by atoms with Gasteiger partial charge in [0.2, 0.25) is 0 Å². The van der Waals surface area contributed by atoms with Crippen molar-refractivity contribution in [2.24, 2.45) is 5.92 Å². The molecule has 1 saturated heterocycles. The highest BCUT2D eigenvalue weighted by Gasteiger charge is 2.25. The van der Waals surface area contributed by atoms with E-state index in [2.05, 4.69) is 32.7 Å². The number of halogens is 1. The van der Waals surface area contributed by atoms with Gasteiger partial charge < -0.3 is 14.8 Å². The molecular weight excluding hydrogens is 318 g/mol. The van der Waals surface area contributed by atoms with E-state index >= 15 is 0 Å². The van der Waals surface area contributed by atoms with Gasteiger partial charge in [-0.25, -0.2) is 0 Å². The van der Waals surface area contributed by atoms with Gasteiger partial charge >= 0.3 is 0 Å². The third-order valence-corrected chi connectivity index (χ3v) is 4.38. The fourth-order valence-electron chi connectivity index (χ4n) is 2.87. The molecule has 1 N–H and O–H groups in total. The number of aromatic nitrogens is 1. The summed E-state index contributed by atoms with van der Waals surface area (Å²) in [6.45, 7) is 5.83. The number of nitrogens with one attached hydrogen (secondary N) is 1. The summed E-state index contributed by atoms with van der Waals surface area (Å²) in [6.07, 6.45) is 5.24. The second-order valence-corrected chi connectivity index (χ2v) is 6.45. The zero-order valence-electron chi connectivity index (χ0n) is 12.4. The van der Waals surface area contributed by atoms with E-state index in [0.29, 0.717) is 5.92 Å². The third-order valence-electron chi connectivity index (χ3n) is 3.94. The van der Waals surface area contributed by atoms with Gasteiger partial charge in [0.25, 0.3) is 5.91 Å². The molecule has 0 atom stereocenters. The van der Waals surface area contributed by atoms with Crippen LogP contribution in [0.5, 0.6) is 0 Å². The van der Waals surface area contributed by atoms with Crippen molar-refractivity contribution >= 4 is 21.8 Å². The molecule has 1 aliphatic rings. The monoisotopic (exact) mass is 341 g/mol. The van der Waals surface area contributed by atoms with Gasteiger partial charge in [-0.15, -0.1) is 0 Å². The van der Waals surface area contributed by atoms with Gasteiger partial charge in [0.1, 0.15) is 5.69 Å². The van der Waals surface area contributed by atoms with E-state index in [1.165, 1.54) is 0 Å². The fourth-order valence-corrected chi connectivity index (χ4v) is 3.33. The van der Waals surface area contributed by atoms with Crippen LogP contribution < -0.4 is 5.32 Å². The molecule has 0 spiro atoms. The van der Waals surface area contributed by atoms with E-state index in [-0.39, 0.29) is 5.91 Å². The zero-order chi connectivity index (χ0) is 14.5. The van der Waals surface area contributed by atoms with Gasteiger partial charge in [-0.2, -0.15) is 0 Å². The number of rotatable bonds is 5. The minimum absolute atomic E-state index is 0.173. The van der Waals surface area contributed by atoms with Crippen LogP contribution in [0.15, 0.2) is 16.7 Å². The van der Waals surface area contributed by atoms with Crippen LogP contribution in [0.1, 0.15) is 36.7 Å². The molecule has 0 radical (unpaired) electrons. The first-order valence-corrected chi connectivity index (χ1v) is 8.24. The van der Waals surface area contributed by atoms with Gasteiger partial charge in [0.05, 0.1) is 0 Å². The minimum Gasteiger partial charge on any atom is -0.342 e. The number of likely N-dealkylation sites (tertiary alicyclic amines) is 1.